The van der Waals surface area contributed by atoms with Gasteiger partial charge in [-0.3, -0.25) is 9.59 Å². The van der Waals surface area contributed by atoms with Crippen LogP contribution < -0.4 is 5.73 Å². The monoisotopic (exact) mass is 193 g/mol. The van der Waals surface area contributed by atoms with Crippen molar-refractivity contribution in [3.8, 4) is 0 Å². The predicted molar refractivity (Wildman–Crippen MR) is 44.8 cm³/mol. The number of aliphatic hydroxyl groups excluding tert-OH is 1. The minimum atomic E-state index is -1.17. The van der Waals surface area contributed by atoms with Crippen LogP contribution in [0.5, 0.6) is 0 Å². The second-order valence-corrected chi connectivity index (χ2v) is 3.35. The number of rotatable bonds is 5. The SMILES string of the molecule is CC(=O)C(O)SCC(N)C(=O)O. The van der Waals surface area contributed by atoms with Crippen LogP contribution in [0.2, 0.25) is 0 Å². The number of ketones is 1. The molecule has 2 atom stereocenters. The lowest BCUT2D eigenvalue weighted by atomic mass is 10.4. The third-order valence-electron chi connectivity index (χ3n) is 1.10. The molecule has 4 N–H and O–H groups in total. The molecule has 12 heavy (non-hydrogen) atoms. The van der Waals surface area contributed by atoms with Crippen LogP contribution in [0.25, 0.3) is 0 Å². The average molecular weight is 193 g/mol. The first-order valence-corrected chi connectivity index (χ1v) is 4.28. The molecule has 0 aromatic heterocycles. The number of carbonyl (C=O) groups excluding carboxylic acids is 1. The van der Waals surface area contributed by atoms with Gasteiger partial charge in [0, 0.05) is 5.75 Å². The number of carbonyl (C=O) groups is 2. The number of Topliss-reactive ketones (excluding diaryl/α,β-unsaturated/α-hetero) is 1. The quantitative estimate of drug-likeness (QED) is 0.486. The number of hydrogen-bond acceptors (Lipinski definition) is 5. The van der Waals surface area contributed by atoms with Gasteiger partial charge in [-0.05, 0) is 6.92 Å². The molecule has 0 saturated heterocycles. The van der Waals surface area contributed by atoms with Crippen molar-refractivity contribution in [1.82, 2.24) is 0 Å². The number of aliphatic carboxylic acids is 1. The summed E-state index contributed by atoms with van der Waals surface area (Å²) >= 11 is 0.821. The summed E-state index contributed by atoms with van der Waals surface area (Å²) in [6.07, 6.45) is 0. The molecule has 2 unspecified atom stereocenters. The molecule has 0 aliphatic carbocycles. The first kappa shape index (κ1) is 11.4. The summed E-state index contributed by atoms with van der Waals surface area (Å²) in [5, 5.41) is 17.3. The standard InChI is InChI=1S/C6H11NO4S/c1-3(8)6(11)12-2-4(7)5(9)10/h4,6,11H,2,7H2,1H3,(H,9,10). The molecular weight excluding hydrogens is 182 g/mol. The molecule has 0 aromatic rings. The highest BCUT2D eigenvalue weighted by molar-refractivity contribution is 8.00. The van der Waals surface area contributed by atoms with Crippen LogP contribution in [0, 0.1) is 0 Å². The van der Waals surface area contributed by atoms with Crippen molar-refractivity contribution in [1.29, 1.82) is 0 Å². The van der Waals surface area contributed by atoms with E-state index in [1.54, 1.807) is 0 Å². The van der Waals surface area contributed by atoms with Gasteiger partial charge in [0.15, 0.2) is 11.2 Å². The Hall–Kier alpha value is -0.590. The first-order valence-electron chi connectivity index (χ1n) is 3.23. The maximum absolute atomic E-state index is 10.5. The maximum Gasteiger partial charge on any atom is 0.321 e. The second kappa shape index (κ2) is 5.13. The maximum atomic E-state index is 10.5. The highest BCUT2D eigenvalue weighted by atomic mass is 32.2. The fourth-order valence-electron chi connectivity index (χ4n) is 0.383. The van der Waals surface area contributed by atoms with Gasteiger partial charge in [-0.25, -0.2) is 0 Å². The molecule has 0 aliphatic heterocycles. The van der Waals surface area contributed by atoms with Crippen LogP contribution in [-0.2, 0) is 9.59 Å². The summed E-state index contributed by atoms with van der Waals surface area (Å²) in [6.45, 7) is 1.23. The first-order chi connectivity index (χ1) is 5.45. The molecule has 0 aliphatic rings. The average Bonchev–Trinajstić information content (AvgIpc) is 1.98. The number of carboxylic acids is 1. The predicted octanol–water partition coefficient (Wildman–Crippen LogP) is -0.961. The third kappa shape index (κ3) is 4.32. The molecule has 5 nitrogen and oxygen atoms in total. The Morgan fingerprint density at radius 1 is 1.58 bits per heavy atom. The van der Waals surface area contributed by atoms with E-state index in [0.29, 0.717) is 0 Å². The van der Waals surface area contributed by atoms with Crippen LogP contribution in [-0.4, -0.2) is 39.2 Å². The number of hydrogen-bond donors (Lipinski definition) is 3. The number of carboxylic acid groups (broad SMARTS) is 1. The minimum Gasteiger partial charge on any atom is -0.480 e. The number of thioether (sulfide) groups is 1. The van der Waals surface area contributed by atoms with Crippen molar-refractivity contribution in [3.05, 3.63) is 0 Å². The van der Waals surface area contributed by atoms with E-state index in [9.17, 15) is 9.59 Å². The lowest BCUT2D eigenvalue weighted by Gasteiger charge is -2.08. The van der Waals surface area contributed by atoms with Crippen molar-refractivity contribution >= 4 is 23.5 Å². The van der Waals surface area contributed by atoms with E-state index in [1.165, 1.54) is 6.92 Å². The van der Waals surface area contributed by atoms with Gasteiger partial charge in [0.05, 0.1) is 0 Å². The summed E-state index contributed by atoms with van der Waals surface area (Å²) < 4.78 is 0. The third-order valence-corrected chi connectivity index (χ3v) is 2.30. The van der Waals surface area contributed by atoms with Gasteiger partial charge in [0.2, 0.25) is 0 Å². The highest BCUT2D eigenvalue weighted by Gasteiger charge is 2.16. The molecule has 0 spiro atoms. The van der Waals surface area contributed by atoms with Crippen molar-refractivity contribution in [2.24, 2.45) is 5.73 Å². The molecule has 0 radical (unpaired) electrons. The van der Waals surface area contributed by atoms with Crippen LogP contribution in [0.4, 0.5) is 0 Å². The molecule has 0 heterocycles. The molecule has 0 saturated carbocycles. The van der Waals surface area contributed by atoms with E-state index in [0.717, 1.165) is 11.8 Å². The second-order valence-electron chi connectivity index (χ2n) is 2.24. The van der Waals surface area contributed by atoms with Crippen LogP contribution >= 0.6 is 11.8 Å². The van der Waals surface area contributed by atoms with Crippen molar-refractivity contribution < 1.29 is 19.8 Å². The van der Waals surface area contributed by atoms with Gasteiger partial charge < -0.3 is 15.9 Å². The van der Waals surface area contributed by atoms with E-state index in [-0.39, 0.29) is 5.75 Å². The summed E-state index contributed by atoms with van der Waals surface area (Å²) in [5.41, 5.74) is 3.95. The van der Waals surface area contributed by atoms with E-state index in [4.69, 9.17) is 15.9 Å². The van der Waals surface area contributed by atoms with E-state index in [2.05, 4.69) is 0 Å². The van der Waals surface area contributed by atoms with E-state index >= 15 is 0 Å². The van der Waals surface area contributed by atoms with Crippen molar-refractivity contribution in [3.63, 3.8) is 0 Å². The number of nitrogens with two attached hydrogens (primary N) is 1. The van der Waals surface area contributed by atoms with Gasteiger partial charge in [-0.1, -0.05) is 0 Å². The molecule has 70 valence electrons. The van der Waals surface area contributed by atoms with Crippen LogP contribution in [0.15, 0.2) is 0 Å². The zero-order chi connectivity index (χ0) is 9.72. The largest absolute Gasteiger partial charge is 0.480 e. The Morgan fingerprint density at radius 3 is 2.42 bits per heavy atom. The Balaban J connectivity index is 3.68. The highest BCUT2D eigenvalue weighted by Crippen LogP contribution is 2.09. The van der Waals surface area contributed by atoms with Gasteiger partial charge in [0.1, 0.15) is 6.04 Å². The fraction of sp³-hybridized carbons (Fsp3) is 0.667. The summed E-state index contributed by atoms with van der Waals surface area (Å²) in [5.74, 6) is -1.52. The molecule has 0 fully saturated rings. The Labute approximate surface area is 73.9 Å². The van der Waals surface area contributed by atoms with Crippen LogP contribution in [0.3, 0.4) is 0 Å². The lowest BCUT2D eigenvalue weighted by Crippen LogP contribution is -2.33. The zero-order valence-electron chi connectivity index (χ0n) is 6.56. The smallest absolute Gasteiger partial charge is 0.321 e. The van der Waals surface area contributed by atoms with Gasteiger partial charge in [-0.2, -0.15) is 0 Å². The normalized spacial score (nSPS) is 15.2. The fourth-order valence-corrected chi connectivity index (χ4v) is 1.15. The molecule has 6 heteroatoms. The summed E-state index contributed by atoms with van der Waals surface area (Å²) in [7, 11) is 0. The van der Waals surface area contributed by atoms with Gasteiger partial charge >= 0.3 is 5.97 Å². The van der Waals surface area contributed by atoms with E-state index in [1.807, 2.05) is 0 Å². The van der Waals surface area contributed by atoms with Crippen molar-refractivity contribution in [2.75, 3.05) is 5.75 Å². The van der Waals surface area contributed by atoms with Gasteiger partial charge in [-0.15, -0.1) is 11.8 Å². The van der Waals surface area contributed by atoms with Crippen molar-refractivity contribution in [2.45, 2.75) is 18.4 Å². The van der Waals surface area contributed by atoms with Crippen LogP contribution in [0.1, 0.15) is 6.92 Å². The Morgan fingerprint density at radius 2 is 2.08 bits per heavy atom. The zero-order valence-corrected chi connectivity index (χ0v) is 7.37. The topological polar surface area (TPSA) is 101 Å². The molecule has 0 aromatic carbocycles. The molecular formula is C6H11NO4S. The Bertz CT molecular complexity index is 164. The molecule has 0 amide bonds. The Kier molecular flexibility index (Phi) is 4.87. The summed E-state index contributed by atoms with van der Waals surface area (Å²) in [4.78, 5) is 20.6. The van der Waals surface area contributed by atoms with E-state index < -0.39 is 23.2 Å². The molecule has 0 rings (SSSR count). The summed E-state index contributed by atoms with van der Waals surface area (Å²) in [6, 6.07) is -1.04. The molecule has 0 bridgehead atoms. The minimum absolute atomic E-state index is 0.0239. The van der Waals surface area contributed by atoms with Gasteiger partial charge in [0.25, 0.3) is 0 Å². The lowest BCUT2D eigenvalue weighted by molar-refractivity contribution is -0.138. The number of aliphatic hydroxyl groups is 1.